The Hall–Kier alpha value is -1.17. The third-order valence-corrected chi connectivity index (χ3v) is 3.42. The van der Waals surface area contributed by atoms with Crippen LogP contribution in [0.1, 0.15) is 18.4 Å². The molecule has 1 heterocycles. The van der Waals surface area contributed by atoms with Gasteiger partial charge in [-0.2, -0.15) is 0 Å². The van der Waals surface area contributed by atoms with Crippen molar-refractivity contribution in [3.05, 3.63) is 29.6 Å². The van der Waals surface area contributed by atoms with Gasteiger partial charge < -0.3 is 19.9 Å². The van der Waals surface area contributed by atoms with Gasteiger partial charge in [-0.15, -0.1) is 0 Å². The fraction of sp³-hybridized carbons (Fsp3) is 0.571. The first-order chi connectivity index (χ1) is 9.19. The van der Waals surface area contributed by atoms with Crippen LogP contribution in [0.2, 0.25) is 0 Å². The number of ether oxygens (including phenoxy) is 3. The van der Waals surface area contributed by atoms with Crippen molar-refractivity contribution in [2.75, 3.05) is 26.9 Å². The van der Waals surface area contributed by atoms with Crippen LogP contribution in [0.3, 0.4) is 0 Å². The van der Waals surface area contributed by atoms with E-state index in [0.717, 1.165) is 25.0 Å². The molecule has 106 valence electrons. The van der Waals surface area contributed by atoms with Crippen molar-refractivity contribution in [2.45, 2.75) is 25.0 Å². The number of methoxy groups -OCH3 is 1. The summed E-state index contributed by atoms with van der Waals surface area (Å²) in [5, 5.41) is 0. The molecule has 4 nitrogen and oxygen atoms in total. The molecule has 2 rings (SSSR count). The third kappa shape index (κ3) is 3.43. The van der Waals surface area contributed by atoms with Crippen molar-refractivity contribution in [1.29, 1.82) is 0 Å². The lowest BCUT2D eigenvalue weighted by molar-refractivity contribution is -0.130. The smallest absolute Gasteiger partial charge is 0.165 e. The SMILES string of the molecule is COc1ccc(COC2(CN)CCCOC2)cc1F. The molecule has 1 saturated heterocycles. The molecule has 5 heteroatoms. The van der Waals surface area contributed by atoms with Crippen LogP contribution in [0.4, 0.5) is 4.39 Å². The lowest BCUT2D eigenvalue weighted by atomic mass is 9.96. The van der Waals surface area contributed by atoms with E-state index in [0.29, 0.717) is 19.8 Å². The molecule has 0 aromatic heterocycles. The fourth-order valence-corrected chi connectivity index (χ4v) is 2.20. The Bertz CT molecular complexity index is 419. The van der Waals surface area contributed by atoms with E-state index in [1.54, 1.807) is 12.1 Å². The Morgan fingerprint density at radius 1 is 1.47 bits per heavy atom. The van der Waals surface area contributed by atoms with Crippen LogP contribution in [0.5, 0.6) is 5.75 Å². The van der Waals surface area contributed by atoms with Crippen molar-refractivity contribution < 1.29 is 18.6 Å². The van der Waals surface area contributed by atoms with Crippen LogP contribution in [0, 0.1) is 5.82 Å². The molecule has 1 aromatic carbocycles. The average molecular weight is 269 g/mol. The highest BCUT2D eigenvalue weighted by Gasteiger charge is 2.32. The second-order valence-electron chi connectivity index (χ2n) is 4.80. The van der Waals surface area contributed by atoms with Crippen LogP contribution in [-0.4, -0.2) is 32.5 Å². The predicted molar refractivity (Wildman–Crippen MR) is 69.6 cm³/mol. The van der Waals surface area contributed by atoms with Crippen molar-refractivity contribution >= 4 is 0 Å². The predicted octanol–water partition coefficient (Wildman–Crippen LogP) is 1.86. The van der Waals surface area contributed by atoms with E-state index in [1.165, 1.54) is 13.2 Å². The standard InChI is InChI=1S/C14H20FNO3/c1-17-13-4-3-11(7-12(13)15)8-19-14(9-16)5-2-6-18-10-14/h3-4,7H,2,5-6,8-10,16H2,1H3. The van der Waals surface area contributed by atoms with Crippen LogP contribution < -0.4 is 10.5 Å². The molecule has 0 bridgehead atoms. The molecule has 0 saturated carbocycles. The molecule has 1 aromatic rings. The normalized spacial score (nSPS) is 23.3. The first kappa shape index (κ1) is 14.2. The average Bonchev–Trinajstić information content (AvgIpc) is 2.46. The first-order valence-corrected chi connectivity index (χ1v) is 6.43. The Morgan fingerprint density at radius 3 is 2.89 bits per heavy atom. The zero-order valence-electron chi connectivity index (χ0n) is 11.2. The minimum atomic E-state index is -0.436. The molecule has 2 N–H and O–H groups in total. The molecule has 1 fully saturated rings. The van der Waals surface area contributed by atoms with Crippen LogP contribution in [0.15, 0.2) is 18.2 Å². The number of hydrogen-bond acceptors (Lipinski definition) is 4. The summed E-state index contributed by atoms with van der Waals surface area (Å²) in [6, 6.07) is 4.81. The van der Waals surface area contributed by atoms with Gasteiger partial charge in [0.05, 0.1) is 20.3 Å². The van der Waals surface area contributed by atoms with Gasteiger partial charge in [0, 0.05) is 13.2 Å². The van der Waals surface area contributed by atoms with Crippen molar-refractivity contribution in [3.63, 3.8) is 0 Å². The monoisotopic (exact) mass is 269 g/mol. The van der Waals surface area contributed by atoms with E-state index in [9.17, 15) is 4.39 Å². The van der Waals surface area contributed by atoms with Gasteiger partial charge in [0.15, 0.2) is 11.6 Å². The topological polar surface area (TPSA) is 53.7 Å². The van der Waals surface area contributed by atoms with Crippen LogP contribution in [0.25, 0.3) is 0 Å². The minimum Gasteiger partial charge on any atom is -0.494 e. The maximum Gasteiger partial charge on any atom is 0.165 e. The van der Waals surface area contributed by atoms with E-state index in [4.69, 9.17) is 19.9 Å². The highest BCUT2D eigenvalue weighted by molar-refractivity contribution is 5.28. The Labute approximate surface area is 112 Å². The summed E-state index contributed by atoms with van der Waals surface area (Å²) in [5.41, 5.74) is 6.10. The highest BCUT2D eigenvalue weighted by atomic mass is 19.1. The zero-order chi connectivity index (χ0) is 13.7. The molecule has 0 aliphatic carbocycles. The summed E-state index contributed by atoms with van der Waals surface area (Å²) in [4.78, 5) is 0. The molecular weight excluding hydrogens is 249 g/mol. The van der Waals surface area contributed by atoms with Gasteiger partial charge in [-0.3, -0.25) is 0 Å². The Kier molecular flexibility index (Phi) is 4.74. The molecule has 0 spiro atoms. The zero-order valence-corrected chi connectivity index (χ0v) is 11.2. The van der Waals surface area contributed by atoms with E-state index < -0.39 is 5.60 Å². The van der Waals surface area contributed by atoms with Gasteiger partial charge in [0.25, 0.3) is 0 Å². The maximum atomic E-state index is 13.6. The summed E-state index contributed by atoms with van der Waals surface area (Å²) in [6.45, 7) is 1.98. The molecule has 1 atom stereocenters. The van der Waals surface area contributed by atoms with E-state index in [2.05, 4.69) is 0 Å². The number of benzene rings is 1. The molecule has 1 aliphatic heterocycles. The largest absolute Gasteiger partial charge is 0.494 e. The molecule has 0 radical (unpaired) electrons. The molecular formula is C14H20FNO3. The first-order valence-electron chi connectivity index (χ1n) is 6.43. The molecule has 19 heavy (non-hydrogen) atoms. The third-order valence-electron chi connectivity index (χ3n) is 3.42. The fourth-order valence-electron chi connectivity index (χ4n) is 2.20. The van der Waals surface area contributed by atoms with Gasteiger partial charge in [-0.1, -0.05) is 6.07 Å². The summed E-state index contributed by atoms with van der Waals surface area (Å²) < 4.78 is 29.7. The minimum absolute atomic E-state index is 0.235. The van der Waals surface area contributed by atoms with Gasteiger partial charge in [0.2, 0.25) is 0 Å². The van der Waals surface area contributed by atoms with Gasteiger partial charge in [0.1, 0.15) is 5.60 Å². The van der Waals surface area contributed by atoms with Crippen LogP contribution >= 0.6 is 0 Å². The van der Waals surface area contributed by atoms with E-state index in [-0.39, 0.29) is 11.6 Å². The highest BCUT2D eigenvalue weighted by Crippen LogP contribution is 2.25. The van der Waals surface area contributed by atoms with Crippen molar-refractivity contribution in [3.8, 4) is 5.75 Å². The van der Waals surface area contributed by atoms with Gasteiger partial charge in [-0.25, -0.2) is 4.39 Å². The molecule has 0 amide bonds. The number of rotatable bonds is 5. The summed E-state index contributed by atoms with van der Waals surface area (Å²) >= 11 is 0. The number of halogens is 1. The van der Waals surface area contributed by atoms with Crippen molar-refractivity contribution in [2.24, 2.45) is 5.73 Å². The maximum absolute atomic E-state index is 13.6. The summed E-state index contributed by atoms with van der Waals surface area (Å²) in [7, 11) is 1.44. The summed E-state index contributed by atoms with van der Waals surface area (Å²) in [5.74, 6) is -0.149. The van der Waals surface area contributed by atoms with Crippen molar-refractivity contribution in [1.82, 2.24) is 0 Å². The molecule has 1 aliphatic rings. The lowest BCUT2D eigenvalue weighted by Crippen LogP contribution is -2.47. The van der Waals surface area contributed by atoms with E-state index in [1.807, 2.05) is 0 Å². The van der Waals surface area contributed by atoms with E-state index >= 15 is 0 Å². The van der Waals surface area contributed by atoms with Gasteiger partial charge >= 0.3 is 0 Å². The second kappa shape index (κ2) is 6.32. The lowest BCUT2D eigenvalue weighted by Gasteiger charge is -2.35. The Balaban J connectivity index is 1.99. The summed E-state index contributed by atoms with van der Waals surface area (Å²) in [6.07, 6.45) is 1.82. The van der Waals surface area contributed by atoms with Gasteiger partial charge in [-0.05, 0) is 30.5 Å². The van der Waals surface area contributed by atoms with Crippen LogP contribution in [-0.2, 0) is 16.1 Å². The molecule has 1 unspecified atom stereocenters. The Morgan fingerprint density at radius 2 is 2.32 bits per heavy atom. The number of hydrogen-bond donors (Lipinski definition) is 1. The number of nitrogens with two attached hydrogens (primary N) is 1. The second-order valence-corrected chi connectivity index (χ2v) is 4.80. The quantitative estimate of drug-likeness (QED) is 0.886.